The molecule has 1 spiro atoms. The van der Waals surface area contributed by atoms with E-state index in [9.17, 15) is 0 Å². The highest BCUT2D eigenvalue weighted by Gasteiger charge is 2.50. The Bertz CT molecular complexity index is 604. The summed E-state index contributed by atoms with van der Waals surface area (Å²) in [5, 5.41) is 0. The quantitative estimate of drug-likeness (QED) is 0.864. The van der Waals surface area contributed by atoms with Crippen molar-refractivity contribution in [2.24, 2.45) is 0 Å². The number of aromatic nitrogens is 3. The van der Waals surface area contributed by atoms with E-state index in [1.54, 1.807) is 18.6 Å². The van der Waals surface area contributed by atoms with Crippen LogP contribution in [-0.4, -0.2) is 44.6 Å². The predicted molar refractivity (Wildman–Crippen MR) is 82.7 cm³/mol. The molecule has 6 heteroatoms. The molecule has 0 aliphatic carbocycles. The fourth-order valence-corrected chi connectivity index (χ4v) is 4.45. The van der Waals surface area contributed by atoms with E-state index >= 15 is 0 Å². The van der Waals surface area contributed by atoms with Crippen LogP contribution in [0.15, 0.2) is 42.9 Å². The summed E-state index contributed by atoms with van der Waals surface area (Å²) in [6.45, 7) is 2.01. The lowest BCUT2D eigenvalue weighted by molar-refractivity contribution is 0.194. The van der Waals surface area contributed by atoms with Crippen LogP contribution in [-0.2, 0) is 0 Å². The lowest BCUT2D eigenvalue weighted by Gasteiger charge is -2.47. The SMILES string of the molecule is c1ccc(OC2CSC3(C2)CN(c2ncccn2)C3)nc1. The molecule has 2 aromatic heterocycles. The fourth-order valence-electron chi connectivity index (χ4n) is 2.93. The van der Waals surface area contributed by atoms with Crippen molar-refractivity contribution in [3.63, 3.8) is 0 Å². The Kier molecular flexibility index (Phi) is 3.18. The van der Waals surface area contributed by atoms with Gasteiger partial charge in [-0.3, -0.25) is 0 Å². The number of hydrogen-bond donors (Lipinski definition) is 0. The maximum Gasteiger partial charge on any atom is 0.225 e. The van der Waals surface area contributed by atoms with Crippen LogP contribution in [0.3, 0.4) is 0 Å². The van der Waals surface area contributed by atoms with Gasteiger partial charge in [-0.15, -0.1) is 11.8 Å². The first-order chi connectivity index (χ1) is 10.3. The van der Waals surface area contributed by atoms with Gasteiger partial charge in [0.1, 0.15) is 6.10 Å². The van der Waals surface area contributed by atoms with Gasteiger partial charge in [-0.1, -0.05) is 6.07 Å². The highest BCUT2D eigenvalue weighted by molar-refractivity contribution is 8.01. The third-order valence-corrected chi connectivity index (χ3v) is 5.47. The molecule has 4 heterocycles. The molecule has 2 fully saturated rings. The van der Waals surface area contributed by atoms with Gasteiger partial charge in [0, 0.05) is 49.9 Å². The summed E-state index contributed by atoms with van der Waals surface area (Å²) in [5.41, 5.74) is 0. The van der Waals surface area contributed by atoms with Crippen LogP contribution in [0.5, 0.6) is 5.88 Å². The first-order valence-corrected chi connectivity index (χ1v) is 8.05. The first kappa shape index (κ1) is 12.9. The smallest absolute Gasteiger partial charge is 0.225 e. The Hall–Kier alpha value is -1.82. The van der Waals surface area contributed by atoms with Crippen LogP contribution >= 0.6 is 11.8 Å². The van der Waals surface area contributed by atoms with Crippen LogP contribution in [0.1, 0.15) is 6.42 Å². The van der Waals surface area contributed by atoms with Gasteiger partial charge >= 0.3 is 0 Å². The number of hydrogen-bond acceptors (Lipinski definition) is 6. The lowest BCUT2D eigenvalue weighted by Crippen LogP contribution is -2.59. The Morgan fingerprint density at radius 3 is 2.67 bits per heavy atom. The maximum atomic E-state index is 5.97. The third kappa shape index (κ3) is 2.55. The van der Waals surface area contributed by atoms with E-state index < -0.39 is 0 Å². The zero-order valence-electron chi connectivity index (χ0n) is 11.6. The van der Waals surface area contributed by atoms with Crippen LogP contribution < -0.4 is 9.64 Å². The summed E-state index contributed by atoms with van der Waals surface area (Å²) >= 11 is 2.01. The second-order valence-corrected chi connectivity index (χ2v) is 7.00. The second kappa shape index (κ2) is 5.18. The van der Waals surface area contributed by atoms with Gasteiger partial charge in [0.25, 0.3) is 0 Å². The summed E-state index contributed by atoms with van der Waals surface area (Å²) in [6, 6.07) is 7.63. The number of thioether (sulfide) groups is 1. The number of rotatable bonds is 3. The zero-order valence-corrected chi connectivity index (χ0v) is 12.4. The third-order valence-electron chi connectivity index (χ3n) is 3.89. The molecule has 4 rings (SSSR count). The highest BCUT2D eigenvalue weighted by Crippen LogP contribution is 2.46. The van der Waals surface area contributed by atoms with E-state index in [0.29, 0.717) is 4.75 Å². The Morgan fingerprint density at radius 1 is 1.10 bits per heavy atom. The standard InChI is InChI=1S/C15H16N4OS/c1-2-5-16-13(4-1)20-12-8-15(21-9-12)10-19(11-15)14-17-6-3-7-18-14/h1-7,12H,8-11H2. The van der Waals surface area contributed by atoms with Gasteiger partial charge < -0.3 is 9.64 Å². The monoisotopic (exact) mass is 300 g/mol. The van der Waals surface area contributed by atoms with Gasteiger partial charge in [-0.2, -0.15) is 0 Å². The molecule has 0 aromatic carbocycles. The topological polar surface area (TPSA) is 51.1 Å². The van der Waals surface area contributed by atoms with Crippen LogP contribution in [0, 0.1) is 0 Å². The number of nitrogens with zero attached hydrogens (tertiary/aromatic N) is 4. The van der Waals surface area contributed by atoms with Crippen molar-refractivity contribution in [2.75, 3.05) is 23.7 Å². The second-order valence-electron chi connectivity index (χ2n) is 5.51. The molecule has 21 heavy (non-hydrogen) atoms. The summed E-state index contributed by atoms with van der Waals surface area (Å²) in [6.07, 6.45) is 6.68. The van der Waals surface area contributed by atoms with Gasteiger partial charge in [-0.05, 0) is 12.1 Å². The van der Waals surface area contributed by atoms with E-state index in [4.69, 9.17) is 4.74 Å². The Labute approximate surface area is 127 Å². The molecule has 1 atom stereocenters. The minimum Gasteiger partial charge on any atom is -0.473 e. The van der Waals surface area contributed by atoms with E-state index in [0.717, 1.165) is 37.1 Å². The molecule has 2 saturated heterocycles. The van der Waals surface area contributed by atoms with Crippen LogP contribution in [0.25, 0.3) is 0 Å². The van der Waals surface area contributed by atoms with Crippen LogP contribution in [0.2, 0.25) is 0 Å². The maximum absolute atomic E-state index is 5.97. The molecule has 5 nitrogen and oxygen atoms in total. The molecular weight excluding hydrogens is 284 g/mol. The van der Waals surface area contributed by atoms with Gasteiger partial charge in [-0.25, -0.2) is 15.0 Å². The van der Waals surface area contributed by atoms with E-state index in [2.05, 4.69) is 19.9 Å². The average Bonchev–Trinajstić information content (AvgIpc) is 2.92. The summed E-state index contributed by atoms with van der Waals surface area (Å²) in [4.78, 5) is 15.1. The molecule has 108 valence electrons. The lowest BCUT2D eigenvalue weighted by atomic mass is 9.93. The van der Waals surface area contributed by atoms with E-state index in [1.807, 2.05) is 36.0 Å². The van der Waals surface area contributed by atoms with Crippen molar-refractivity contribution >= 4 is 17.7 Å². The molecule has 0 N–H and O–H groups in total. The van der Waals surface area contributed by atoms with Crippen molar-refractivity contribution in [1.82, 2.24) is 15.0 Å². The molecule has 0 amide bonds. The van der Waals surface area contributed by atoms with E-state index in [1.165, 1.54) is 0 Å². The molecule has 0 bridgehead atoms. The van der Waals surface area contributed by atoms with Crippen molar-refractivity contribution in [1.29, 1.82) is 0 Å². The fraction of sp³-hybridized carbons (Fsp3) is 0.400. The number of ether oxygens (including phenoxy) is 1. The zero-order chi connectivity index (χ0) is 14.1. The Balaban J connectivity index is 1.35. The summed E-state index contributed by atoms with van der Waals surface area (Å²) in [7, 11) is 0. The van der Waals surface area contributed by atoms with Crippen molar-refractivity contribution < 1.29 is 4.74 Å². The number of anilines is 1. The predicted octanol–water partition coefficient (Wildman–Crippen LogP) is 2.01. The van der Waals surface area contributed by atoms with Crippen molar-refractivity contribution in [2.45, 2.75) is 17.3 Å². The highest BCUT2D eigenvalue weighted by atomic mass is 32.2. The molecule has 2 aliphatic heterocycles. The number of pyridine rings is 1. The van der Waals surface area contributed by atoms with Gasteiger partial charge in [0.2, 0.25) is 11.8 Å². The molecule has 2 aliphatic rings. The minimum atomic E-state index is 0.253. The normalized spacial score (nSPS) is 23.0. The molecular formula is C15H16N4OS. The molecule has 0 radical (unpaired) electrons. The van der Waals surface area contributed by atoms with E-state index in [-0.39, 0.29) is 6.10 Å². The average molecular weight is 300 g/mol. The van der Waals surface area contributed by atoms with Crippen LogP contribution in [0.4, 0.5) is 5.95 Å². The molecule has 1 unspecified atom stereocenters. The largest absolute Gasteiger partial charge is 0.473 e. The molecule has 2 aromatic rings. The van der Waals surface area contributed by atoms with Crippen molar-refractivity contribution in [3.05, 3.63) is 42.9 Å². The van der Waals surface area contributed by atoms with Gasteiger partial charge in [0.15, 0.2) is 0 Å². The first-order valence-electron chi connectivity index (χ1n) is 7.07. The van der Waals surface area contributed by atoms with Gasteiger partial charge in [0.05, 0.1) is 4.75 Å². The molecule has 0 saturated carbocycles. The summed E-state index contributed by atoms with van der Waals surface area (Å²) in [5.74, 6) is 2.58. The summed E-state index contributed by atoms with van der Waals surface area (Å²) < 4.78 is 6.27. The van der Waals surface area contributed by atoms with Crippen molar-refractivity contribution in [3.8, 4) is 5.88 Å². The Morgan fingerprint density at radius 2 is 1.90 bits per heavy atom. The minimum absolute atomic E-state index is 0.253.